The van der Waals surface area contributed by atoms with Crippen LogP contribution in [0.3, 0.4) is 0 Å². The maximum Gasteiger partial charge on any atom is 0.338 e. The Morgan fingerprint density at radius 1 is 1.00 bits per heavy atom. The standard InChI is InChI=1S/C17H16O7/c1-9-5-13(18)12(8-24-9)16(19)15-11(17(20)23-4)6-10(21-2)7-14(15)22-3/h5-8H,1-4H3. The molecule has 126 valence electrons. The molecule has 0 aliphatic heterocycles. The third-order valence-corrected chi connectivity index (χ3v) is 3.37. The van der Waals surface area contributed by atoms with Gasteiger partial charge in [0, 0.05) is 12.1 Å². The van der Waals surface area contributed by atoms with Crippen molar-refractivity contribution in [2.75, 3.05) is 21.3 Å². The molecule has 0 bridgehead atoms. The molecule has 0 amide bonds. The van der Waals surface area contributed by atoms with Crippen molar-refractivity contribution >= 4 is 11.8 Å². The van der Waals surface area contributed by atoms with Crippen LogP contribution in [0.1, 0.15) is 32.0 Å². The van der Waals surface area contributed by atoms with Crippen LogP contribution in [-0.4, -0.2) is 33.1 Å². The van der Waals surface area contributed by atoms with Crippen LogP contribution in [0.15, 0.2) is 33.7 Å². The lowest BCUT2D eigenvalue weighted by atomic mass is 9.97. The molecular formula is C17H16O7. The smallest absolute Gasteiger partial charge is 0.338 e. The Morgan fingerprint density at radius 3 is 2.25 bits per heavy atom. The molecule has 0 unspecified atom stereocenters. The van der Waals surface area contributed by atoms with Crippen LogP contribution in [-0.2, 0) is 4.74 Å². The van der Waals surface area contributed by atoms with Gasteiger partial charge >= 0.3 is 5.97 Å². The van der Waals surface area contributed by atoms with Gasteiger partial charge in [0.2, 0.25) is 5.78 Å². The Bertz CT molecular complexity index is 849. The first-order chi connectivity index (χ1) is 11.4. The molecule has 7 heteroatoms. The van der Waals surface area contributed by atoms with Crippen LogP contribution in [0.2, 0.25) is 0 Å². The quantitative estimate of drug-likeness (QED) is 0.610. The van der Waals surface area contributed by atoms with Crippen LogP contribution in [0, 0.1) is 6.92 Å². The fourth-order valence-corrected chi connectivity index (χ4v) is 2.18. The Morgan fingerprint density at radius 2 is 1.71 bits per heavy atom. The summed E-state index contributed by atoms with van der Waals surface area (Å²) in [6, 6.07) is 3.98. The van der Waals surface area contributed by atoms with Gasteiger partial charge in [0.05, 0.1) is 32.5 Å². The van der Waals surface area contributed by atoms with Crippen molar-refractivity contribution in [3.8, 4) is 11.5 Å². The molecule has 7 nitrogen and oxygen atoms in total. The molecule has 0 saturated heterocycles. The van der Waals surface area contributed by atoms with Gasteiger partial charge in [-0.2, -0.15) is 0 Å². The number of ketones is 1. The summed E-state index contributed by atoms with van der Waals surface area (Å²) in [5, 5.41) is 0. The highest BCUT2D eigenvalue weighted by atomic mass is 16.5. The van der Waals surface area contributed by atoms with Crippen LogP contribution < -0.4 is 14.9 Å². The SMILES string of the molecule is COC(=O)c1cc(OC)cc(OC)c1C(=O)c1coc(C)cc1=O. The maximum absolute atomic E-state index is 12.8. The molecule has 0 atom stereocenters. The van der Waals surface area contributed by atoms with Crippen molar-refractivity contribution < 1.29 is 28.2 Å². The van der Waals surface area contributed by atoms with Gasteiger partial charge < -0.3 is 18.6 Å². The lowest BCUT2D eigenvalue weighted by Crippen LogP contribution is -2.19. The normalized spacial score (nSPS) is 10.2. The molecule has 1 aromatic heterocycles. The highest BCUT2D eigenvalue weighted by Crippen LogP contribution is 2.31. The van der Waals surface area contributed by atoms with E-state index in [1.807, 2.05) is 0 Å². The predicted octanol–water partition coefficient (Wildman–Crippen LogP) is 1.98. The molecule has 0 saturated carbocycles. The molecule has 24 heavy (non-hydrogen) atoms. The Kier molecular flexibility index (Phi) is 5.03. The molecule has 2 aromatic rings. The second kappa shape index (κ2) is 6.99. The van der Waals surface area contributed by atoms with E-state index >= 15 is 0 Å². The van der Waals surface area contributed by atoms with Crippen molar-refractivity contribution in [1.82, 2.24) is 0 Å². The minimum Gasteiger partial charge on any atom is -0.497 e. The Balaban J connectivity index is 2.73. The molecule has 0 aliphatic carbocycles. The van der Waals surface area contributed by atoms with E-state index in [1.165, 1.54) is 39.5 Å². The first kappa shape index (κ1) is 17.3. The average molecular weight is 332 g/mol. The van der Waals surface area contributed by atoms with Crippen molar-refractivity contribution in [3.05, 3.63) is 57.1 Å². The number of ether oxygens (including phenoxy) is 3. The second-order valence-corrected chi connectivity index (χ2v) is 4.84. The molecule has 1 aromatic carbocycles. The van der Waals surface area contributed by atoms with Gasteiger partial charge in [-0.05, 0) is 13.0 Å². The van der Waals surface area contributed by atoms with Gasteiger partial charge in [-0.25, -0.2) is 4.79 Å². The monoisotopic (exact) mass is 332 g/mol. The number of esters is 1. The van der Waals surface area contributed by atoms with Gasteiger partial charge in [0.15, 0.2) is 5.43 Å². The van der Waals surface area contributed by atoms with Gasteiger partial charge in [0.1, 0.15) is 29.1 Å². The van der Waals surface area contributed by atoms with Gasteiger partial charge in [0.25, 0.3) is 0 Å². The maximum atomic E-state index is 12.8. The van der Waals surface area contributed by atoms with Gasteiger partial charge in [-0.3, -0.25) is 9.59 Å². The lowest BCUT2D eigenvalue weighted by Gasteiger charge is -2.13. The lowest BCUT2D eigenvalue weighted by molar-refractivity contribution is 0.0596. The van der Waals surface area contributed by atoms with Crippen LogP contribution in [0.25, 0.3) is 0 Å². The van der Waals surface area contributed by atoms with E-state index in [0.29, 0.717) is 11.5 Å². The number of hydrogen-bond acceptors (Lipinski definition) is 7. The second-order valence-electron chi connectivity index (χ2n) is 4.84. The summed E-state index contributed by atoms with van der Waals surface area (Å²) in [4.78, 5) is 36.9. The van der Waals surface area contributed by atoms with E-state index in [-0.39, 0.29) is 22.4 Å². The number of rotatable bonds is 5. The fraction of sp³-hybridized carbons (Fsp3) is 0.235. The van der Waals surface area contributed by atoms with E-state index < -0.39 is 17.2 Å². The largest absolute Gasteiger partial charge is 0.497 e. The van der Waals surface area contributed by atoms with E-state index in [2.05, 4.69) is 0 Å². The summed E-state index contributed by atoms with van der Waals surface area (Å²) in [6.45, 7) is 1.59. The van der Waals surface area contributed by atoms with E-state index in [0.717, 1.165) is 6.26 Å². The summed E-state index contributed by atoms with van der Waals surface area (Å²) >= 11 is 0. The number of carbonyl (C=O) groups excluding carboxylic acids is 2. The molecule has 0 radical (unpaired) electrons. The number of methoxy groups -OCH3 is 3. The molecule has 0 aliphatic rings. The van der Waals surface area contributed by atoms with Gasteiger partial charge in [-0.1, -0.05) is 0 Å². The number of aryl methyl sites for hydroxylation is 1. The third kappa shape index (κ3) is 3.15. The molecule has 0 N–H and O–H groups in total. The van der Waals surface area contributed by atoms with Crippen molar-refractivity contribution in [3.63, 3.8) is 0 Å². The van der Waals surface area contributed by atoms with Crippen molar-refractivity contribution in [2.24, 2.45) is 0 Å². The highest BCUT2D eigenvalue weighted by Gasteiger charge is 2.27. The Hall–Kier alpha value is -3.09. The first-order valence-corrected chi connectivity index (χ1v) is 6.91. The minimum atomic E-state index is -0.757. The van der Waals surface area contributed by atoms with E-state index in [4.69, 9.17) is 18.6 Å². The van der Waals surface area contributed by atoms with Crippen molar-refractivity contribution in [2.45, 2.75) is 6.92 Å². The van der Waals surface area contributed by atoms with Crippen LogP contribution in [0.5, 0.6) is 11.5 Å². The summed E-state index contributed by atoms with van der Waals surface area (Å²) in [7, 11) is 3.93. The minimum absolute atomic E-state index is 0.0707. The molecule has 2 rings (SSSR count). The molecular weight excluding hydrogens is 316 g/mol. The summed E-state index contributed by atoms with van der Waals surface area (Å²) in [6.07, 6.45) is 1.06. The zero-order chi connectivity index (χ0) is 17.9. The van der Waals surface area contributed by atoms with Crippen LogP contribution >= 0.6 is 0 Å². The summed E-state index contributed by atoms with van der Waals surface area (Å²) in [5.41, 5.74) is -0.897. The summed E-state index contributed by atoms with van der Waals surface area (Å²) in [5.74, 6) is -0.707. The van der Waals surface area contributed by atoms with Gasteiger partial charge in [-0.15, -0.1) is 0 Å². The molecule has 0 spiro atoms. The molecule has 0 fully saturated rings. The zero-order valence-electron chi connectivity index (χ0n) is 13.7. The van der Waals surface area contributed by atoms with Crippen LogP contribution in [0.4, 0.5) is 0 Å². The average Bonchev–Trinajstić information content (AvgIpc) is 2.59. The predicted molar refractivity (Wildman–Crippen MR) is 84.0 cm³/mol. The number of hydrogen-bond donors (Lipinski definition) is 0. The van der Waals surface area contributed by atoms with E-state index in [1.54, 1.807) is 6.92 Å². The Labute approximate surface area is 137 Å². The highest BCUT2D eigenvalue weighted by molar-refractivity contribution is 6.16. The number of carbonyl (C=O) groups is 2. The number of benzene rings is 1. The summed E-state index contributed by atoms with van der Waals surface area (Å²) < 4.78 is 20.1. The topological polar surface area (TPSA) is 92.0 Å². The first-order valence-electron chi connectivity index (χ1n) is 6.91. The fourth-order valence-electron chi connectivity index (χ4n) is 2.18. The van der Waals surface area contributed by atoms with Crippen molar-refractivity contribution in [1.29, 1.82) is 0 Å². The third-order valence-electron chi connectivity index (χ3n) is 3.37. The zero-order valence-corrected chi connectivity index (χ0v) is 13.7. The van der Waals surface area contributed by atoms with E-state index in [9.17, 15) is 14.4 Å². The molecule has 1 heterocycles.